The van der Waals surface area contributed by atoms with Crippen LogP contribution in [0, 0.1) is 13.8 Å². The number of aryl methyl sites for hydroxylation is 1. The van der Waals surface area contributed by atoms with Crippen molar-refractivity contribution in [3.8, 4) is 0 Å². The van der Waals surface area contributed by atoms with E-state index in [1.165, 1.54) is 16.7 Å². The van der Waals surface area contributed by atoms with Crippen molar-refractivity contribution in [3.63, 3.8) is 0 Å². The van der Waals surface area contributed by atoms with Gasteiger partial charge in [0.25, 0.3) is 15.9 Å². The molecular weight excluding hydrogens is 436 g/mol. The molecule has 2 heterocycles. The number of nitrogens with one attached hydrogen (secondary N) is 1. The summed E-state index contributed by atoms with van der Waals surface area (Å²) in [6.45, 7) is 4.16. The fourth-order valence-electron chi connectivity index (χ4n) is 3.45. The molecule has 31 heavy (non-hydrogen) atoms. The molecular formula is C21H22N4O4S2. The summed E-state index contributed by atoms with van der Waals surface area (Å²) in [5.41, 5.74) is 4.06. The first-order valence-corrected chi connectivity index (χ1v) is 12.1. The minimum Gasteiger partial charge on any atom is -0.332 e. The molecule has 0 spiro atoms. The lowest BCUT2D eigenvalue weighted by molar-refractivity contribution is -0.116. The number of carbonyl (C=O) groups excluding carboxylic acids is 2. The molecule has 10 heteroatoms. The molecule has 0 aromatic heterocycles. The van der Waals surface area contributed by atoms with Gasteiger partial charge in [-0.05, 0) is 61.0 Å². The molecule has 2 aliphatic rings. The third-order valence-corrected chi connectivity index (χ3v) is 7.63. The number of sulfonamides is 1. The van der Waals surface area contributed by atoms with Crippen molar-refractivity contribution in [2.45, 2.75) is 18.7 Å². The summed E-state index contributed by atoms with van der Waals surface area (Å²) in [5.74, 6) is -0.606. The Morgan fingerprint density at radius 2 is 2.00 bits per heavy atom. The number of benzene rings is 2. The van der Waals surface area contributed by atoms with Gasteiger partial charge >= 0.3 is 0 Å². The first-order chi connectivity index (χ1) is 14.6. The highest BCUT2D eigenvalue weighted by atomic mass is 32.2. The van der Waals surface area contributed by atoms with E-state index in [0.717, 1.165) is 27.4 Å². The lowest BCUT2D eigenvalue weighted by Gasteiger charge is -2.22. The predicted octanol–water partition coefficient (Wildman–Crippen LogP) is 2.63. The van der Waals surface area contributed by atoms with E-state index in [4.69, 9.17) is 0 Å². The van der Waals surface area contributed by atoms with Crippen LogP contribution in [0.15, 0.2) is 45.7 Å². The lowest BCUT2D eigenvalue weighted by Crippen LogP contribution is -2.35. The molecule has 2 aromatic carbocycles. The molecule has 0 saturated carbocycles. The van der Waals surface area contributed by atoms with Crippen LogP contribution in [-0.4, -0.2) is 56.2 Å². The maximum atomic E-state index is 12.9. The Hall–Kier alpha value is -2.85. The van der Waals surface area contributed by atoms with Crippen LogP contribution in [-0.2, 0) is 14.8 Å². The van der Waals surface area contributed by atoms with E-state index in [1.54, 1.807) is 25.2 Å². The van der Waals surface area contributed by atoms with Crippen LogP contribution in [0.25, 0.3) is 0 Å². The minimum absolute atomic E-state index is 0.0323. The van der Waals surface area contributed by atoms with Crippen molar-refractivity contribution in [2.75, 3.05) is 36.1 Å². The summed E-state index contributed by atoms with van der Waals surface area (Å²) >= 11 is 1.23. The van der Waals surface area contributed by atoms with E-state index in [-0.39, 0.29) is 24.1 Å². The van der Waals surface area contributed by atoms with Crippen LogP contribution in [0.3, 0.4) is 0 Å². The monoisotopic (exact) mass is 458 g/mol. The minimum atomic E-state index is -3.43. The number of fused-ring (bicyclic) bond motifs is 3. The van der Waals surface area contributed by atoms with Gasteiger partial charge in [0.05, 0.1) is 18.0 Å². The summed E-state index contributed by atoms with van der Waals surface area (Å²) in [7, 11) is -1.86. The summed E-state index contributed by atoms with van der Waals surface area (Å²) in [4.78, 5) is 29.3. The molecule has 4 rings (SSSR count). The number of likely N-dealkylation sites (N-methyl/N-ethyl adjacent to an activating group) is 1. The summed E-state index contributed by atoms with van der Waals surface area (Å²) in [6.07, 6.45) is 0. The molecule has 0 unspecified atom stereocenters. The normalized spacial score (nSPS) is 16.2. The Labute approximate surface area is 185 Å². The van der Waals surface area contributed by atoms with Gasteiger partial charge in [-0.3, -0.25) is 9.59 Å². The second kappa shape index (κ2) is 8.01. The summed E-state index contributed by atoms with van der Waals surface area (Å²) < 4.78 is 27.3. The number of anilines is 2. The number of hydrogen-bond acceptors (Lipinski definition) is 6. The fraction of sp³-hybridized carbons (Fsp3) is 0.286. The smallest absolute Gasteiger partial charge is 0.257 e. The molecule has 0 radical (unpaired) electrons. The highest BCUT2D eigenvalue weighted by molar-refractivity contribution is 8.15. The van der Waals surface area contributed by atoms with Crippen molar-refractivity contribution < 1.29 is 18.0 Å². The fourth-order valence-corrected chi connectivity index (χ4v) is 5.74. The van der Waals surface area contributed by atoms with Crippen LogP contribution in [0.4, 0.5) is 11.4 Å². The van der Waals surface area contributed by atoms with Gasteiger partial charge < -0.3 is 15.1 Å². The molecule has 0 fully saturated rings. The van der Waals surface area contributed by atoms with Crippen LogP contribution in [0.5, 0.6) is 0 Å². The first-order valence-electron chi connectivity index (χ1n) is 9.68. The van der Waals surface area contributed by atoms with Gasteiger partial charge in [0.2, 0.25) is 5.91 Å². The van der Waals surface area contributed by atoms with Crippen molar-refractivity contribution in [2.24, 2.45) is 4.40 Å². The second-order valence-corrected chi connectivity index (χ2v) is 10.3. The van der Waals surface area contributed by atoms with Crippen LogP contribution in [0.2, 0.25) is 0 Å². The highest BCUT2D eigenvalue weighted by Gasteiger charge is 2.33. The van der Waals surface area contributed by atoms with Crippen molar-refractivity contribution in [1.29, 1.82) is 0 Å². The maximum absolute atomic E-state index is 12.9. The van der Waals surface area contributed by atoms with Crippen molar-refractivity contribution >= 4 is 50.1 Å². The molecule has 162 valence electrons. The number of amides is 2. The van der Waals surface area contributed by atoms with Gasteiger partial charge in [0.1, 0.15) is 0 Å². The second-order valence-electron chi connectivity index (χ2n) is 7.55. The Morgan fingerprint density at radius 1 is 1.23 bits per heavy atom. The Morgan fingerprint density at radius 3 is 2.77 bits per heavy atom. The van der Waals surface area contributed by atoms with Crippen molar-refractivity contribution in [1.82, 2.24) is 4.90 Å². The molecule has 0 saturated heterocycles. The first kappa shape index (κ1) is 21.4. The molecule has 2 amide bonds. The van der Waals surface area contributed by atoms with E-state index in [1.807, 2.05) is 36.9 Å². The van der Waals surface area contributed by atoms with Crippen LogP contribution < -0.4 is 10.2 Å². The average Bonchev–Trinajstić information content (AvgIpc) is 3.05. The molecule has 2 aliphatic heterocycles. The molecule has 2 aromatic rings. The van der Waals surface area contributed by atoms with Crippen LogP contribution >= 0.6 is 11.8 Å². The Kier molecular flexibility index (Phi) is 5.52. The number of rotatable bonds is 4. The van der Waals surface area contributed by atoms with E-state index in [2.05, 4.69) is 9.71 Å². The molecule has 8 nitrogen and oxygen atoms in total. The van der Waals surface area contributed by atoms with Gasteiger partial charge in [-0.2, -0.15) is 0 Å². The average molecular weight is 459 g/mol. The zero-order valence-electron chi connectivity index (χ0n) is 17.4. The topological polar surface area (TPSA) is 99.1 Å². The number of hydrogen-bond donors (Lipinski definition) is 1. The van der Waals surface area contributed by atoms with Gasteiger partial charge in [-0.25, -0.2) is 8.42 Å². The quantitative estimate of drug-likeness (QED) is 0.756. The molecule has 1 N–H and O–H groups in total. The summed E-state index contributed by atoms with van der Waals surface area (Å²) in [5, 5.41) is 3.26. The molecule has 0 atom stereocenters. The molecule has 0 bridgehead atoms. The zero-order valence-corrected chi connectivity index (χ0v) is 19.0. The largest absolute Gasteiger partial charge is 0.332 e. The lowest BCUT2D eigenvalue weighted by atomic mass is 10.1. The van der Waals surface area contributed by atoms with Gasteiger partial charge in [-0.1, -0.05) is 12.1 Å². The zero-order chi connectivity index (χ0) is 22.3. The van der Waals surface area contributed by atoms with E-state index in [9.17, 15) is 18.0 Å². The Balaban J connectivity index is 1.46. The van der Waals surface area contributed by atoms with Gasteiger partial charge in [0, 0.05) is 29.7 Å². The third kappa shape index (κ3) is 4.31. The third-order valence-electron chi connectivity index (χ3n) is 5.33. The number of nitrogens with zero attached hydrogens (tertiary/aromatic N) is 3. The van der Waals surface area contributed by atoms with E-state index < -0.39 is 10.0 Å². The predicted molar refractivity (Wildman–Crippen MR) is 122 cm³/mol. The number of amidine groups is 1. The van der Waals surface area contributed by atoms with E-state index in [0.29, 0.717) is 17.3 Å². The summed E-state index contributed by atoms with van der Waals surface area (Å²) in [6, 6.07) is 10.9. The molecule has 0 aliphatic carbocycles. The van der Waals surface area contributed by atoms with Gasteiger partial charge in [-0.15, -0.1) is 4.40 Å². The van der Waals surface area contributed by atoms with E-state index >= 15 is 0 Å². The van der Waals surface area contributed by atoms with Crippen LogP contribution in [0.1, 0.15) is 21.5 Å². The maximum Gasteiger partial charge on any atom is 0.257 e. The van der Waals surface area contributed by atoms with Gasteiger partial charge in [0.15, 0.2) is 5.17 Å². The highest BCUT2D eigenvalue weighted by Crippen LogP contribution is 2.42. The standard InChI is InChI=1S/C21H22N4O4S2/c1-13-5-4-6-16(14(13)2)22-19(26)12-24(3)20(27)15-7-8-17-18(11-15)30-21-23-31(28,29)10-9-25(17)21/h4-8,11H,9-10,12H2,1-3H3,(H,22,26). The number of carbonyl (C=O) groups is 2. The number of thioether (sulfide) groups is 1. The SMILES string of the molecule is Cc1cccc(NC(=O)CN(C)C(=O)c2ccc3c(c2)SC2=NS(=O)(=O)CCN23)c1C. The van der Waals surface area contributed by atoms with Crippen molar-refractivity contribution in [3.05, 3.63) is 53.1 Å². The Bertz CT molecular complexity index is 1220.